The quantitative estimate of drug-likeness (QED) is 0.428. The molecule has 0 radical (unpaired) electrons. The van der Waals surface area contributed by atoms with Crippen molar-refractivity contribution in [1.82, 2.24) is 0 Å². The average molecular weight is 153 g/mol. The van der Waals surface area contributed by atoms with E-state index in [1.807, 2.05) is 19.1 Å². The van der Waals surface area contributed by atoms with Crippen LogP contribution in [-0.2, 0) is 0 Å². The molecule has 0 bridgehead atoms. The number of allylic oxidation sites excluding steroid dienone is 4. The zero-order valence-electron chi connectivity index (χ0n) is 6.70. The van der Waals surface area contributed by atoms with E-state index in [1.165, 1.54) is 0 Å². The lowest BCUT2D eigenvalue weighted by Gasteiger charge is -2.10. The van der Waals surface area contributed by atoms with E-state index < -0.39 is 0 Å². The van der Waals surface area contributed by atoms with Crippen molar-refractivity contribution in [2.45, 2.75) is 20.3 Å². The van der Waals surface area contributed by atoms with E-state index in [0.717, 1.165) is 5.57 Å². The van der Waals surface area contributed by atoms with Crippen molar-refractivity contribution in [1.29, 1.82) is 0 Å². The maximum atomic E-state index is 10.4. The van der Waals surface area contributed by atoms with Crippen LogP contribution in [0.1, 0.15) is 20.3 Å². The molecule has 0 aliphatic heterocycles. The standard InChI is InChI=1S/C8H11NO2/c1-6-3-4-7(2)8(5-6)9(10)11/h3-4,6H,5H2,1-2H3. The van der Waals surface area contributed by atoms with E-state index in [0.29, 0.717) is 18.0 Å². The lowest BCUT2D eigenvalue weighted by Crippen LogP contribution is -2.08. The SMILES string of the molecule is CC1=C([N+](=O)[O-])CC(C)C=C1. The molecule has 3 nitrogen and oxygen atoms in total. The first-order valence-electron chi connectivity index (χ1n) is 3.63. The summed E-state index contributed by atoms with van der Waals surface area (Å²) in [6.45, 7) is 3.76. The number of rotatable bonds is 1. The molecule has 0 N–H and O–H groups in total. The highest BCUT2D eigenvalue weighted by Gasteiger charge is 2.19. The Morgan fingerprint density at radius 1 is 1.73 bits per heavy atom. The van der Waals surface area contributed by atoms with E-state index in [2.05, 4.69) is 0 Å². The molecule has 0 fully saturated rings. The molecule has 1 aliphatic carbocycles. The number of hydrogen-bond acceptors (Lipinski definition) is 2. The molecule has 0 aromatic carbocycles. The zero-order chi connectivity index (χ0) is 8.43. The minimum Gasteiger partial charge on any atom is -0.259 e. The van der Waals surface area contributed by atoms with Gasteiger partial charge in [0.05, 0.1) is 4.92 Å². The third-order valence-electron chi connectivity index (χ3n) is 1.87. The van der Waals surface area contributed by atoms with Gasteiger partial charge in [0.15, 0.2) is 0 Å². The zero-order valence-corrected chi connectivity index (χ0v) is 6.70. The highest BCUT2D eigenvalue weighted by Crippen LogP contribution is 2.22. The topological polar surface area (TPSA) is 43.1 Å². The highest BCUT2D eigenvalue weighted by molar-refractivity contribution is 5.24. The van der Waals surface area contributed by atoms with Gasteiger partial charge in [0, 0.05) is 12.0 Å². The van der Waals surface area contributed by atoms with Crippen LogP contribution in [0.25, 0.3) is 0 Å². The fourth-order valence-corrected chi connectivity index (χ4v) is 1.16. The van der Waals surface area contributed by atoms with Crippen molar-refractivity contribution in [3.05, 3.63) is 33.5 Å². The second-order valence-electron chi connectivity index (χ2n) is 2.93. The Balaban J connectivity index is 2.90. The van der Waals surface area contributed by atoms with E-state index in [-0.39, 0.29) is 4.92 Å². The summed E-state index contributed by atoms with van der Waals surface area (Å²) in [5, 5.41) is 10.4. The van der Waals surface area contributed by atoms with Crippen molar-refractivity contribution in [3.63, 3.8) is 0 Å². The van der Waals surface area contributed by atoms with Crippen LogP contribution in [0.15, 0.2) is 23.4 Å². The van der Waals surface area contributed by atoms with Gasteiger partial charge in [-0.25, -0.2) is 0 Å². The third kappa shape index (κ3) is 1.67. The Labute approximate surface area is 65.6 Å². The molecule has 0 aromatic heterocycles. The van der Waals surface area contributed by atoms with Crippen molar-refractivity contribution in [2.24, 2.45) is 5.92 Å². The molecular formula is C8H11NO2. The smallest absolute Gasteiger partial charge is 0.249 e. The van der Waals surface area contributed by atoms with E-state index >= 15 is 0 Å². The van der Waals surface area contributed by atoms with Gasteiger partial charge in [0.1, 0.15) is 0 Å². The van der Waals surface area contributed by atoms with Crippen LogP contribution < -0.4 is 0 Å². The van der Waals surface area contributed by atoms with Gasteiger partial charge in [-0.1, -0.05) is 19.1 Å². The predicted molar refractivity (Wildman–Crippen MR) is 42.6 cm³/mol. The Morgan fingerprint density at radius 2 is 2.36 bits per heavy atom. The van der Waals surface area contributed by atoms with Gasteiger partial charge in [-0.05, 0) is 12.8 Å². The summed E-state index contributed by atoms with van der Waals surface area (Å²) in [6, 6.07) is 0. The Morgan fingerprint density at radius 3 is 2.82 bits per heavy atom. The van der Waals surface area contributed by atoms with Crippen molar-refractivity contribution in [2.75, 3.05) is 0 Å². The van der Waals surface area contributed by atoms with Crippen LogP contribution in [0.3, 0.4) is 0 Å². The molecule has 3 heteroatoms. The lowest BCUT2D eigenvalue weighted by atomic mass is 9.96. The first kappa shape index (κ1) is 7.98. The molecule has 1 rings (SSSR count). The summed E-state index contributed by atoms with van der Waals surface area (Å²) < 4.78 is 0. The van der Waals surface area contributed by atoms with Crippen molar-refractivity contribution < 1.29 is 4.92 Å². The molecule has 0 saturated carbocycles. The summed E-state index contributed by atoms with van der Waals surface area (Å²) in [5.74, 6) is 0.305. The van der Waals surface area contributed by atoms with Crippen LogP contribution in [0.4, 0.5) is 0 Å². The maximum Gasteiger partial charge on any atom is 0.249 e. The molecule has 1 unspecified atom stereocenters. The fraction of sp³-hybridized carbons (Fsp3) is 0.500. The van der Waals surface area contributed by atoms with E-state index in [9.17, 15) is 10.1 Å². The summed E-state index contributed by atoms with van der Waals surface area (Å²) in [7, 11) is 0. The van der Waals surface area contributed by atoms with E-state index in [1.54, 1.807) is 6.92 Å². The average Bonchev–Trinajstić information content (AvgIpc) is 1.94. The highest BCUT2D eigenvalue weighted by atomic mass is 16.6. The summed E-state index contributed by atoms with van der Waals surface area (Å²) in [4.78, 5) is 10.1. The van der Waals surface area contributed by atoms with Crippen LogP contribution in [0.5, 0.6) is 0 Å². The maximum absolute atomic E-state index is 10.4. The molecule has 11 heavy (non-hydrogen) atoms. The number of nitrogens with zero attached hydrogens (tertiary/aromatic N) is 1. The Bertz CT molecular complexity index is 240. The van der Waals surface area contributed by atoms with Gasteiger partial charge in [-0.15, -0.1) is 0 Å². The summed E-state index contributed by atoms with van der Waals surface area (Å²) in [6.07, 6.45) is 4.39. The second-order valence-corrected chi connectivity index (χ2v) is 2.93. The molecule has 1 atom stereocenters. The van der Waals surface area contributed by atoms with Gasteiger partial charge in [-0.2, -0.15) is 0 Å². The molecule has 0 amide bonds. The first-order valence-corrected chi connectivity index (χ1v) is 3.63. The normalized spacial score (nSPS) is 24.0. The second kappa shape index (κ2) is 2.86. The Kier molecular flexibility index (Phi) is 2.08. The molecule has 0 saturated heterocycles. The van der Waals surface area contributed by atoms with Crippen LogP contribution in [-0.4, -0.2) is 4.92 Å². The fourth-order valence-electron chi connectivity index (χ4n) is 1.16. The largest absolute Gasteiger partial charge is 0.259 e. The lowest BCUT2D eigenvalue weighted by molar-refractivity contribution is -0.429. The molecule has 0 heterocycles. The molecule has 60 valence electrons. The van der Waals surface area contributed by atoms with Crippen LogP contribution in [0, 0.1) is 16.0 Å². The van der Waals surface area contributed by atoms with Crippen molar-refractivity contribution in [3.8, 4) is 0 Å². The summed E-state index contributed by atoms with van der Waals surface area (Å²) >= 11 is 0. The minimum atomic E-state index is -0.282. The molecule has 0 spiro atoms. The molecule has 0 aromatic rings. The molecule has 1 aliphatic rings. The first-order chi connectivity index (χ1) is 5.11. The monoisotopic (exact) mass is 153 g/mol. The summed E-state index contributed by atoms with van der Waals surface area (Å²) in [5.41, 5.74) is 1.15. The van der Waals surface area contributed by atoms with Gasteiger partial charge < -0.3 is 0 Å². The van der Waals surface area contributed by atoms with Crippen LogP contribution in [0.2, 0.25) is 0 Å². The van der Waals surface area contributed by atoms with Gasteiger partial charge in [-0.3, -0.25) is 10.1 Å². The third-order valence-corrected chi connectivity index (χ3v) is 1.87. The van der Waals surface area contributed by atoms with E-state index in [4.69, 9.17) is 0 Å². The minimum absolute atomic E-state index is 0.282. The number of hydrogen-bond donors (Lipinski definition) is 0. The van der Waals surface area contributed by atoms with Crippen molar-refractivity contribution >= 4 is 0 Å². The van der Waals surface area contributed by atoms with Gasteiger partial charge in [0.25, 0.3) is 0 Å². The Hall–Kier alpha value is -1.12. The van der Waals surface area contributed by atoms with Gasteiger partial charge in [0.2, 0.25) is 5.70 Å². The number of nitro groups is 1. The van der Waals surface area contributed by atoms with Crippen LogP contribution >= 0.6 is 0 Å². The molecular weight excluding hydrogens is 142 g/mol. The van der Waals surface area contributed by atoms with Gasteiger partial charge >= 0.3 is 0 Å². The predicted octanol–water partition coefficient (Wildman–Crippen LogP) is 2.13.